The van der Waals surface area contributed by atoms with E-state index in [2.05, 4.69) is 5.32 Å². The average Bonchev–Trinajstić information content (AvgIpc) is 3.29. The molecule has 0 aromatic heterocycles. The van der Waals surface area contributed by atoms with Crippen LogP contribution in [0.2, 0.25) is 0 Å². The Bertz CT molecular complexity index is 928. The van der Waals surface area contributed by atoms with Gasteiger partial charge in [0.1, 0.15) is 0 Å². The Morgan fingerprint density at radius 1 is 1.00 bits per heavy atom. The molecule has 0 aliphatic carbocycles. The standard InChI is InChI=1S/C23H26F3N3O2/c1-2-11-28(15-20(30)27-19-10-9-18(24)21(25)22(19)26)14-16-5-7-17(8-6-16)23(31)29-12-3-4-13-29/h5-10H,2-4,11-15H2,1H3,(H,27,30). The summed E-state index contributed by atoms with van der Waals surface area (Å²) < 4.78 is 40.2. The van der Waals surface area contributed by atoms with Gasteiger partial charge in [0.05, 0.1) is 12.2 Å². The summed E-state index contributed by atoms with van der Waals surface area (Å²) in [5.74, 6) is -4.85. The van der Waals surface area contributed by atoms with Gasteiger partial charge in [-0.05, 0) is 55.6 Å². The van der Waals surface area contributed by atoms with Crippen LogP contribution in [0.1, 0.15) is 42.1 Å². The van der Waals surface area contributed by atoms with Crippen LogP contribution >= 0.6 is 0 Å². The van der Waals surface area contributed by atoms with Gasteiger partial charge in [0.2, 0.25) is 5.91 Å². The Kier molecular flexibility index (Phi) is 7.68. The van der Waals surface area contributed by atoms with Crippen molar-refractivity contribution in [2.24, 2.45) is 0 Å². The van der Waals surface area contributed by atoms with Gasteiger partial charge >= 0.3 is 0 Å². The first-order chi connectivity index (χ1) is 14.9. The Morgan fingerprint density at radius 2 is 1.68 bits per heavy atom. The number of benzene rings is 2. The number of amides is 2. The summed E-state index contributed by atoms with van der Waals surface area (Å²) in [6.45, 7) is 4.58. The molecule has 1 fully saturated rings. The fraction of sp³-hybridized carbons (Fsp3) is 0.391. The second-order valence-corrected chi connectivity index (χ2v) is 7.68. The number of rotatable bonds is 8. The molecule has 0 spiro atoms. The van der Waals surface area contributed by atoms with E-state index in [0.29, 0.717) is 18.7 Å². The van der Waals surface area contributed by atoms with Crippen molar-refractivity contribution in [3.63, 3.8) is 0 Å². The third-order valence-electron chi connectivity index (χ3n) is 5.22. The molecule has 5 nitrogen and oxygen atoms in total. The summed E-state index contributed by atoms with van der Waals surface area (Å²) in [5, 5.41) is 2.30. The highest BCUT2D eigenvalue weighted by Gasteiger charge is 2.20. The molecule has 0 atom stereocenters. The van der Waals surface area contributed by atoms with Gasteiger partial charge in [-0.25, -0.2) is 13.2 Å². The number of hydrogen-bond acceptors (Lipinski definition) is 3. The lowest BCUT2D eigenvalue weighted by molar-refractivity contribution is -0.117. The van der Waals surface area contributed by atoms with E-state index in [-0.39, 0.29) is 12.5 Å². The molecule has 31 heavy (non-hydrogen) atoms. The van der Waals surface area contributed by atoms with E-state index in [0.717, 1.165) is 50.0 Å². The van der Waals surface area contributed by atoms with Crippen LogP contribution in [0, 0.1) is 17.5 Å². The third kappa shape index (κ3) is 5.85. The Balaban J connectivity index is 1.61. The van der Waals surface area contributed by atoms with Crippen LogP contribution in [-0.2, 0) is 11.3 Å². The van der Waals surface area contributed by atoms with Gasteiger partial charge in [-0.1, -0.05) is 19.1 Å². The number of carbonyl (C=O) groups excluding carboxylic acids is 2. The van der Waals surface area contributed by atoms with Gasteiger partial charge in [-0.2, -0.15) is 0 Å². The SMILES string of the molecule is CCCN(CC(=O)Nc1ccc(F)c(F)c1F)Cc1ccc(C(=O)N2CCCC2)cc1. The lowest BCUT2D eigenvalue weighted by Crippen LogP contribution is -2.33. The first-order valence-corrected chi connectivity index (χ1v) is 10.4. The maximum atomic E-state index is 13.8. The lowest BCUT2D eigenvalue weighted by atomic mass is 10.1. The van der Waals surface area contributed by atoms with E-state index in [1.54, 1.807) is 12.1 Å². The van der Waals surface area contributed by atoms with Gasteiger partial charge in [-0.3, -0.25) is 14.5 Å². The maximum absolute atomic E-state index is 13.8. The number of carbonyl (C=O) groups is 2. The zero-order chi connectivity index (χ0) is 22.4. The van der Waals surface area contributed by atoms with Gasteiger partial charge < -0.3 is 10.2 Å². The molecule has 1 aliphatic rings. The fourth-order valence-electron chi connectivity index (χ4n) is 3.66. The molecule has 1 N–H and O–H groups in total. The quantitative estimate of drug-likeness (QED) is 0.635. The van der Waals surface area contributed by atoms with Gasteiger partial charge in [0.15, 0.2) is 17.5 Å². The lowest BCUT2D eigenvalue weighted by Gasteiger charge is -2.22. The zero-order valence-corrected chi connectivity index (χ0v) is 17.5. The van der Waals surface area contributed by atoms with Crippen molar-refractivity contribution in [3.05, 3.63) is 65.0 Å². The molecule has 2 aromatic carbocycles. The van der Waals surface area contributed by atoms with Gasteiger partial charge in [0, 0.05) is 25.2 Å². The van der Waals surface area contributed by atoms with Crippen LogP contribution in [0.5, 0.6) is 0 Å². The highest BCUT2D eigenvalue weighted by atomic mass is 19.2. The summed E-state index contributed by atoms with van der Waals surface area (Å²) in [6.07, 6.45) is 2.86. The number of anilines is 1. The highest BCUT2D eigenvalue weighted by molar-refractivity contribution is 5.94. The molecule has 8 heteroatoms. The number of halogens is 3. The molecule has 2 amide bonds. The van der Waals surface area contributed by atoms with Crippen molar-refractivity contribution in [3.8, 4) is 0 Å². The molecule has 1 aliphatic heterocycles. The number of hydrogen-bond donors (Lipinski definition) is 1. The monoisotopic (exact) mass is 433 g/mol. The molecule has 1 heterocycles. The van der Waals surface area contributed by atoms with Crippen molar-refractivity contribution < 1.29 is 22.8 Å². The van der Waals surface area contributed by atoms with Crippen molar-refractivity contribution in [2.75, 3.05) is 31.5 Å². The van der Waals surface area contributed by atoms with Crippen molar-refractivity contribution in [1.29, 1.82) is 0 Å². The minimum atomic E-state index is -1.62. The van der Waals surface area contributed by atoms with E-state index in [1.807, 2.05) is 28.9 Å². The second-order valence-electron chi connectivity index (χ2n) is 7.68. The molecule has 1 saturated heterocycles. The van der Waals surface area contributed by atoms with Crippen molar-refractivity contribution in [2.45, 2.75) is 32.7 Å². The molecular formula is C23H26F3N3O2. The van der Waals surface area contributed by atoms with E-state index in [1.165, 1.54) is 0 Å². The summed E-state index contributed by atoms with van der Waals surface area (Å²) in [6, 6.07) is 9.06. The predicted molar refractivity (Wildman–Crippen MR) is 112 cm³/mol. The predicted octanol–water partition coefficient (Wildman–Crippen LogP) is 4.19. The molecule has 3 rings (SSSR count). The van der Waals surface area contributed by atoms with Crippen LogP contribution in [-0.4, -0.2) is 47.8 Å². The van der Waals surface area contributed by atoms with Gasteiger partial charge in [0.25, 0.3) is 5.91 Å². The molecular weight excluding hydrogens is 407 g/mol. The number of likely N-dealkylation sites (tertiary alicyclic amines) is 1. The minimum Gasteiger partial charge on any atom is -0.339 e. The Labute approximate surface area is 179 Å². The van der Waals surface area contributed by atoms with E-state index in [4.69, 9.17) is 0 Å². The summed E-state index contributed by atoms with van der Waals surface area (Å²) >= 11 is 0. The van der Waals surface area contributed by atoms with Crippen LogP contribution in [0.25, 0.3) is 0 Å². The normalized spacial score (nSPS) is 13.6. The van der Waals surface area contributed by atoms with E-state index >= 15 is 0 Å². The average molecular weight is 433 g/mol. The molecule has 0 radical (unpaired) electrons. The van der Waals surface area contributed by atoms with E-state index < -0.39 is 29.0 Å². The number of nitrogens with one attached hydrogen (secondary N) is 1. The van der Waals surface area contributed by atoms with Crippen LogP contribution in [0.3, 0.4) is 0 Å². The first-order valence-electron chi connectivity index (χ1n) is 10.4. The smallest absolute Gasteiger partial charge is 0.253 e. The second kappa shape index (κ2) is 10.4. The fourth-order valence-corrected chi connectivity index (χ4v) is 3.66. The Morgan fingerprint density at radius 3 is 2.32 bits per heavy atom. The zero-order valence-electron chi connectivity index (χ0n) is 17.5. The third-order valence-corrected chi connectivity index (χ3v) is 5.22. The van der Waals surface area contributed by atoms with Crippen LogP contribution < -0.4 is 5.32 Å². The molecule has 0 bridgehead atoms. The molecule has 2 aromatic rings. The largest absolute Gasteiger partial charge is 0.339 e. The highest BCUT2D eigenvalue weighted by Crippen LogP contribution is 2.20. The van der Waals surface area contributed by atoms with Crippen molar-refractivity contribution >= 4 is 17.5 Å². The first kappa shape index (κ1) is 22.8. The maximum Gasteiger partial charge on any atom is 0.253 e. The van der Waals surface area contributed by atoms with Crippen LogP contribution in [0.4, 0.5) is 18.9 Å². The minimum absolute atomic E-state index is 0.0300. The molecule has 0 saturated carbocycles. The summed E-state index contributed by atoms with van der Waals surface area (Å²) in [5.41, 5.74) is 1.17. The van der Waals surface area contributed by atoms with E-state index in [9.17, 15) is 22.8 Å². The summed E-state index contributed by atoms with van der Waals surface area (Å²) in [7, 11) is 0. The topological polar surface area (TPSA) is 52.7 Å². The van der Waals surface area contributed by atoms with Crippen molar-refractivity contribution in [1.82, 2.24) is 9.80 Å². The summed E-state index contributed by atoms with van der Waals surface area (Å²) in [4.78, 5) is 28.5. The van der Waals surface area contributed by atoms with Gasteiger partial charge in [-0.15, -0.1) is 0 Å². The molecule has 0 unspecified atom stereocenters. The van der Waals surface area contributed by atoms with Crippen LogP contribution in [0.15, 0.2) is 36.4 Å². The molecule has 166 valence electrons. The Hall–Kier alpha value is -2.87. The number of nitrogens with zero attached hydrogens (tertiary/aromatic N) is 2.